The van der Waals surface area contributed by atoms with Crippen LogP contribution in [-0.2, 0) is 22.7 Å². The minimum Gasteiger partial charge on any atom is -0.315 e. The quantitative estimate of drug-likeness (QED) is 0.899. The maximum absolute atomic E-state index is 12.2. The lowest BCUT2D eigenvalue weighted by Gasteiger charge is -2.29. The summed E-state index contributed by atoms with van der Waals surface area (Å²) in [6.45, 7) is 2.10. The summed E-state index contributed by atoms with van der Waals surface area (Å²) in [6.07, 6.45) is 6.10. The molecule has 112 valence electrons. The molecule has 0 spiro atoms. The van der Waals surface area contributed by atoms with Gasteiger partial charge in [-0.2, -0.15) is 0 Å². The monoisotopic (exact) mass is 296 g/mol. The lowest BCUT2D eigenvalue weighted by molar-refractivity contribution is 0.454. The molecule has 1 aromatic rings. The van der Waals surface area contributed by atoms with Crippen molar-refractivity contribution in [1.82, 2.24) is 10.3 Å². The fourth-order valence-electron chi connectivity index (χ4n) is 2.86. The average molecular weight is 296 g/mol. The number of nitrogens with one attached hydrogen (secondary N) is 1. The highest BCUT2D eigenvalue weighted by Crippen LogP contribution is 2.23. The summed E-state index contributed by atoms with van der Waals surface area (Å²) in [4.78, 5) is 4.45. The molecular weight excluding hydrogens is 272 g/mol. The summed E-state index contributed by atoms with van der Waals surface area (Å²) in [5.41, 5.74) is 2.17. The molecule has 1 aliphatic rings. The molecule has 0 saturated carbocycles. The molecule has 2 atom stereocenters. The van der Waals surface area contributed by atoms with Crippen LogP contribution in [-0.4, -0.2) is 37.5 Å². The van der Waals surface area contributed by atoms with Gasteiger partial charge in [0.05, 0.1) is 11.0 Å². The Labute approximate surface area is 121 Å². The van der Waals surface area contributed by atoms with Gasteiger partial charge in [0.1, 0.15) is 0 Å². The predicted molar refractivity (Wildman–Crippen MR) is 81.6 cm³/mol. The zero-order valence-corrected chi connectivity index (χ0v) is 13.1. The normalized spacial score (nSPS) is 23.4. The number of hydrogen-bond acceptors (Lipinski definition) is 4. The van der Waals surface area contributed by atoms with E-state index in [0.717, 1.165) is 31.4 Å². The molecule has 2 heterocycles. The van der Waals surface area contributed by atoms with Crippen molar-refractivity contribution in [3.05, 3.63) is 29.6 Å². The molecule has 1 saturated heterocycles. The third-order valence-corrected chi connectivity index (χ3v) is 6.52. The van der Waals surface area contributed by atoms with Crippen LogP contribution in [0, 0.1) is 0 Å². The molecule has 0 amide bonds. The Morgan fingerprint density at radius 3 is 2.75 bits per heavy atom. The summed E-state index contributed by atoms with van der Waals surface area (Å²) in [5.74, 6) is 0.331. The van der Waals surface area contributed by atoms with Crippen LogP contribution in [0.4, 0.5) is 0 Å². The maximum Gasteiger partial charge on any atom is 0.154 e. The van der Waals surface area contributed by atoms with Gasteiger partial charge < -0.3 is 5.32 Å². The van der Waals surface area contributed by atoms with Gasteiger partial charge in [0.2, 0.25) is 0 Å². The summed E-state index contributed by atoms with van der Waals surface area (Å²) < 4.78 is 24.4. The lowest BCUT2D eigenvalue weighted by Crippen LogP contribution is -2.46. The van der Waals surface area contributed by atoms with E-state index >= 15 is 0 Å². The Morgan fingerprint density at radius 1 is 1.40 bits per heavy atom. The predicted octanol–water partition coefficient (Wildman–Crippen LogP) is 1.74. The van der Waals surface area contributed by atoms with E-state index in [2.05, 4.69) is 23.3 Å². The van der Waals surface area contributed by atoms with Crippen molar-refractivity contribution >= 4 is 9.84 Å². The Morgan fingerprint density at radius 2 is 2.20 bits per heavy atom. The molecule has 2 unspecified atom stereocenters. The minimum atomic E-state index is -2.96. The van der Waals surface area contributed by atoms with Gasteiger partial charge in [-0.1, -0.05) is 19.4 Å². The summed E-state index contributed by atoms with van der Waals surface area (Å²) in [7, 11) is -1.12. The average Bonchev–Trinajstić information content (AvgIpc) is 2.45. The van der Waals surface area contributed by atoms with Gasteiger partial charge in [-0.15, -0.1) is 0 Å². The van der Waals surface area contributed by atoms with E-state index in [1.807, 2.05) is 19.3 Å². The van der Waals surface area contributed by atoms with E-state index in [1.165, 1.54) is 5.56 Å². The van der Waals surface area contributed by atoms with E-state index in [1.54, 1.807) is 0 Å². The molecule has 0 radical (unpaired) electrons. The van der Waals surface area contributed by atoms with E-state index in [0.29, 0.717) is 12.2 Å². The van der Waals surface area contributed by atoms with Crippen LogP contribution in [0.3, 0.4) is 0 Å². The second kappa shape index (κ2) is 6.68. The van der Waals surface area contributed by atoms with Crippen LogP contribution in [0.25, 0.3) is 0 Å². The number of aryl methyl sites for hydroxylation is 1. The van der Waals surface area contributed by atoms with Crippen molar-refractivity contribution in [3.8, 4) is 0 Å². The van der Waals surface area contributed by atoms with E-state index in [4.69, 9.17) is 0 Å². The van der Waals surface area contributed by atoms with Crippen LogP contribution >= 0.6 is 0 Å². The van der Waals surface area contributed by atoms with Crippen LogP contribution in [0.1, 0.15) is 37.4 Å². The molecule has 5 heteroatoms. The Bertz CT molecular complexity index is 525. The largest absolute Gasteiger partial charge is 0.315 e. The molecule has 0 bridgehead atoms. The molecule has 1 fully saturated rings. The second-order valence-electron chi connectivity index (χ2n) is 5.51. The van der Waals surface area contributed by atoms with Gasteiger partial charge in [0.25, 0.3) is 0 Å². The Kier molecular flexibility index (Phi) is 5.16. The first-order valence-electron chi connectivity index (χ1n) is 7.39. The Balaban J connectivity index is 2.11. The highest BCUT2D eigenvalue weighted by Gasteiger charge is 2.34. The fourth-order valence-corrected chi connectivity index (χ4v) is 5.03. The van der Waals surface area contributed by atoms with Crippen molar-refractivity contribution in [3.63, 3.8) is 0 Å². The number of likely N-dealkylation sites (N-methyl/N-ethyl adjacent to an activating group) is 1. The number of pyridine rings is 1. The smallest absolute Gasteiger partial charge is 0.154 e. The Hall–Kier alpha value is -0.940. The third-order valence-electron chi connectivity index (χ3n) is 4.17. The molecule has 0 aromatic carbocycles. The fraction of sp³-hybridized carbons (Fsp3) is 0.667. The highest BCUT2D eigenvalue weighted by atomic mass is 32.2. The number of sulfone groups is 1. The van der Waals surface area contributed by atoms with Crippen molar-refractivity contribution in [2.45, 2.75) is 50.3 Å². The van der Waals surface area contributed by atoms with Crippen molar-refractivity contribution in [2.24, 2.45) is 0 Å². The first-order valence-corrected chi connectivity index (χ1v) is 9.11. The van der Waals surface area contributed by atoms with Crippen molar-refractivity contribution in [2.75, 3.05) is 12.8 Å². The van der Waals surface area contributed by atoms with Crippen molar-refractivity contribution in [1.29, 1.82) is 0 Å². The molecule has 1 aliphatic heterocycles. The molecule has 1 N–H and O–H groups in total. The zero-order chi connectivity index (χ0) is 14.6. The van der Waals surface area contributed by atoms with Crippen LogP contribution in [0.15, 0.2) is 18.3 Å². The maximum atomic E-state index is 12.2. The number of aromatic nitrogens is 1. The van der Waals surface area contributed by atoms with E-state index in [-0.39, 0.29) is 11.3 Å². The molecule has 20 heavy (non-hydrogen) atoms. The zero-order valence-electron chi connectivity index (χ0n) is 12.3. The van der Waals surface area contributed by atoms with Crippen LogP contribution in [0.5, 0.6) is 0 Å². The van der Waals surface area contributed by atoms with Gasteiger partial charge in [-0.3, -0.25) is 4.98 Å². The van der Waals surface area contributed by atoms with Crippen LogP contribution in [0.2, 0.25) is 0 Å². The van der Waals surface area contributed by atoms with Gasteiger partial charge in [-0.05, 0) is 37.9 Å². The number of rotatable bonds is 5. The standard InChI is InChI=1S/C15H24N2O2S/c1-3-12-7-8-13(17-11-12)10-14(16-2)15-6-4-5-9-20(15,18)19/h7-8,11,14-16H,3-6,9-10H2,1-2H3. The molecular formula is C15H24N2O2S. The SMILES string of the molecule is CCc1ccc(CC(NC)C2CCCCS2(=O)=O)nc1. The summed E-state index contributed by atoms with van der Waals surface area (Å²) in [5, 5.41) is 2.92. The molecule has 0 aliphatic carbocycles. The summed E-state index contributed by atoms with van der Waals surface area (Å²) in [6, 6.07) is 4.04. The first-order chi connectivity index (χ1) is 9.56. The lowest BCUT2D eigenvalue weighted by atomic mass is 10.0. The second-order valence-corrected chi connectivity index (χ2v) is 7.85. The third kappa shape index (κ3) is 3.58. The molecule has 1 aromatic heterocycles. The number of hydrogen-bond donors (Lipinski definition) is 1. The van der Waals surface area contributed by atoms with Crippen LogP contribution < -0.4 is 5.32 Å². The number of nitrogens with zero attached hydrogens (tertiary/aromatic N) is 1. The van der Waals surface area contributed by atoms with Crippen molar-refractivity contribution < 1.29 is 8.42 Å². The first kappa shape index (κ1) is 15.4. The van der Waals surface area contributed by atoms with E-state index < -0.39 is 9.84 Å². The summed E-state index contributed by atoms with van der Waals surface area (Å²) >= 11 is 0. The van der Waals surface area contributed by atoms with E-state index in [9.17, 15) is 8.42 Å². The topological polar surface area (TPSA) is 59.1 Å². The van der Waals surface area contributed by atoms with Gasteiger partial charge in [0, 0.05) is 24.4 Å². The molecule has 2 rings (SSSR count). The highest BCUT2D eigenvalue weighted by molar-refractivity contribution is 7.92. The van der Waals surface area contributed by atoms with Gasteiger partial charge in [0.15, 0.2) is 9.84 Å². The minimum absolute atomic E-state index is 0.0414. The molecule has 4 nitrogen and oxygen atoms in total. The van der Waals surface area contributed by atoms with Gasteiger partial charge >= 0.3 is 0 Å². The van der Waals surface area contributed by atoms with Gasteiger partial charge in [-0.25, -0.2) is 8.42 Å².